The molecule has 0 atom stereocenters. The Balaban J connectivity index is 1.59. The van der Waals surface area contributed by atoms with E-state index < -0.39 is 17.6 Å². The summed E-state index contributed by atoms with van der Waals surface area (Å²) in [7, 11) is 1.56. The van der Waals surface area contributed by atoms with Gasteiger partial charge < -0.3 is 14.6 Å². The van der Waals surface area contributed by atoms with Crippen molar-refractivity contribution >= 4 is 27.5 Å². The van der Waals surface area contributed by atoms with Crippen LogP contribution in [0.5, 0.6) is 5.75 Å². The minimum absolute atomic E-state index is 0.0261. The zero-order valence-electron chi connectivity index (χ0n) is 15.1. The van der Waals surface area contributed by atoms with E-state index in [1.165, 1.54) is 12.1 Å². The number of nitrogens with one attached hydrogen (secondary N) is 1. The average molecular weight is 470 g/mol. The van der Waals surface area contributed by atoms with Gasteiger partial charge >= 0.3 is 6.18 Å². The Bertz CT molecular complexity index is 1000. The summed E-state index contributed by atoms with van der Waals surface area (Å²) in [4.78, 5) is 16.3. The van der Waals surface area contributed by atoms with E-state index in [2.05, 4.69) is 31.4 Å². The highest BCUT2D eigenvalue weighted by Gasteiger charge is 2.33. The van der Waals surface area contributed by atoms with Crippen LogP contribution in [-0.4, -0.2) is 23.2 Å². The fourth-order valence-corrected chi connectivity index (χ4v) is 2.95. The van der Waals surface area contributed by atoms with E-state index in [4.69, 9.17) is 9.26 Å². The molecule has 0 fully saturated rings. The van der Waals surface area contributed by atoms with Crippen molar-refractivity contribution in [2.24, 2.45) is 0 Å². The van der Waals surface area contributed by atoms with E-state index in [9.17, 15) is 18.0 Å². The Morgan fingerprint density at radius 1 is 1.21 bits per heavy atom. The summed E-state index contributed by atoms with van der Waals surface area (Å²) >= 11 is 2.86. The summed E-state index contributed by atoms with van der Waals surface area (Å²) in [5, 5.41) is 6.30. The summed E-state index contributed by atoms with van der Waals surface area (Å²) in [6.07, 6.45) is -4.40. The second-order valence-electron chi connectivity index (χ2n) is 5.98. The van der Waals surface area contributed by atoms with Crippen molar-refractivity contribution in [2.45, 2.75) is 19.0 Å². The summed E-state index contributed by atoms with van der Waals surface area (Å²) in [5.41, 5.74) is -0.0916. The van der Waals surface area contributed by atoms with Crippen molar-refractivity contribution in [1.29, 1.82) is 0 Å². The van der Waals surface area contributed by atoms with Gasteiger partial charge in [-0.1, -0.05) is 21.1 Å². The number of aromatic nitrogens is 2. The van der Waals surface area contributed by atoms with Gasteiger partial charge in [-0.3, -0.25) is 4.79 Å². The molecule has 1 amide bonds. The van der Waals surface area contributed by atoms with Gasteiger partial charge in [0.25, 0.3) is 0 Å². The van der Waals surface area contributed by atoms with E-state index in [0.717, 1.165) is 11.6 Å². The van der Waals surface area contributed by atoms with Crippen LogP contribution in [0.1, 0.15) is 17.9 Å². The summed E-state index contributed by atoms with van der Waals surface area (Å²) in [6, 6.07) is 10.5. The van der Waals surface area contributed by atoms with Crippen LogP contribution in [0.3, 0.4) is 0 Å². The average Bonchev–Trinajstić information content (AvgIpc) is 3.16. The smallest absolute Gasteiger partial charge is 0.417 e. The van der Waals surface area contributed by atoms with Crippen molar-refractivity contribution in [1.82, 2.24) is 10.1 Å². The number of methoxy groups -OCH3 is 1. The molecule has 3 rings (SSSR count). The molecule has 0 aliphatic carbocycles. The number of carbonyl (C=O) groups excluding carboxylic acids is 1. The maximum atomic E-state index is 12.9. The molecule has 1 N–H and O–H groups in total. The van der Waals surface area contributed by atoms with Crippen LogP contribution in [0.2, 0.25) is 0 Å². The first-order valence-electron chi connectivity index (χ1n) is 8.40. The van der Waals surface area contributed by atoms with Crippen LogP contribution >= 0.6 is 15.9 Å². The standard InChI is InChI=1S/C19H15BrF3N3O3/c1-28-13-5-2-11(3-6-13)18-25-17(29-26-18)9-8-16(27)24-12-4-7-15(20)14(10-12)19(21,22)23/h2-7,10H,8-9H2,1H3,(H,24,27). The number of nitrogens with zero attached hydrogens (tertiary/aromatic N) is 2. The number of hydrogen-bond donors (Lipinski definition) is 1. The summed E-state index contributed by atoms with van der Waals surface area (Å²) in [6.45, 7) is 0. The number of carbonyl (C=O) groups is 1. The predicted octanol–water partition coefficient (Wildman–Crippen LogP) is 5.10. The molecule has 29 heavy (non-hydrogen) atoms. The van der Waals surface area contributed by atoms with Gasteiger partial charge in [-0.15, -0.1) is 0 Å². The number of hydrogen-bond acceptors (Lipinski definition) is 5. The van der Waals surface area contributed by atoms with Gasteiger partial charge in [-0.25, -0.2) is 0 Å². The van der Waals surface area contributed by atoms with E-state index in [0.29, 0.717) is 11.6 Å². The number of amides is 1. The highest BCUT2D eigenvalue weighted by atomic mass is 79.9. The minimum atomic E-state index is -4.53. The summed E-state index contributed by atoms with van der Waals surface area (Å²) in [5.74, 6) is 0.837. The highest BCUT2D eigenvalue weighted by molar-refractivity contribution is 9.10. The maximum absolute atomic E-state index is 12.9. The zero-order chi connectivity index (χ0) is 21.0. The lowest BCUT2D eigenvalue weighted by atomic mass is 10.2. The third-order valence-corrected chi connectivity index (χ3v) is 4.63. The lowest BCUT2D eigenvalue weighted by molar-refractivity contribution is -0.138. The lowest BCUT2D eigenvalue weighted by Crippen LogP contribution is -2.14. The SMILES string of the molecule is COc1ccc(-c2noc(CCC(=O)Nc3ccc(Br)c(C(F)(F)F)c3)n2)cc1. The highest BCUT2D eigenvalue weighted by Crippen LogP contribution is 2.36. The molecular formula is C19H15BrF3N3O3. The molecular weight excluding hydrogens is 455 g/mol. The number of benzene rings is 2. The van der Waals surface area contributed by atoms with Gasteiger partial charge in [0.2, 0.25) is 17.6 Å². The minimum Gasteiger partial charge on any atom is -0.497 e. The molecule has 0 saturated heterocycles. The van der Waals surface area contributed by atoms with Gasteiger partial charge in [0, 0.05) is 28.6 Å². The van der Waals surface area contributed by atoms with Crippen molar-refractivity contribution in [3.8, 4) is 17.1 Å². The van der Waals surface area contributed by atoms with Crippen molar-refractivity contribution in [3.05, 3.63) is 58.4 Å². The second-order valence-corrected chi connectivity index (χ2v) is 6.84. The van der Waals surface area contributed by atoms with Crippen LogP contribution in [0.4, 0.5) is 18.9 Å². The molecule has 10 heteroatoms. The third-order valence-electron chi connectivity index (χ3n) is 3.94. The molecule has 0 bridgehead atoms. The summed E-state index contributed by atoms with van der Waals surface area (Å²) < 4.78 is 48.9. The quantitative estimate of drug-likeness (QED) is 0.543. The largest absolute Gasteiger partial charge is 0.497 e. The van der Waals surface area contributed by atoms with Gasteiger partial charge in [0.1, 0.15) is 5.75 Å². The number of rotatable bonds is 6. The van der Waals surface area contributed by atoms with Gasteiger partial charge in [0.15, 0.2) is 0 Å². The molecule has 0 saturated carbocycles. The Kier molecular flexibility index (Phi) is 6.21. The maximum Gasteiger partial charge on any atom is 0.417 e. The van der Waals surface area contributed by atoms with Crippen LogP contribution in [0, 0.1) is 0 Å². The van der Waals surface area contributed by atoms with Crippen molar-refractivity contribution in [2.75, 3.05) is 12.4 Å². The Morgan fingerprint density at radius 3 is 2.59 bits per heavy atom. The Morgan fingerprint density at radius 2 is 1.93 bits per heavy atom. The first kappa shape index (κ1) is 20.8. The number of aryl methyl sites for hydroxylation is 1. The van der Waals surface area contributed by atoms with Crippen LogP contribution in [0.15, 0.2) is 51.5 Å². The molecule has 1 aromatic heterocycles. The molecule has 3 aromatic rings. The van der Waals surface area contributed by atoms with Crippen molar-refractivity contribution in [3.63, 3.8) is 0 Å². The fraction of sp³-hybridized carbons (Fsp3) is 0.211. The van der Waals surface area contributed by atoms with Crippen LogP contribution in [-0.2, 0) is 17.4 Å². The number of ether oxygens (including phenoxy) is 1. The van der Waals surface area contributed by atoms with E-state index in [-0.39, 0.29) is 28.9 Å². The molecule has 152 valence electrons. The molecule has 6 nitrogen and oxygen atoms in total. The van der Waals surface area contributed by atoms with Gasteiger partial charge in [-0.05, 0) is 42.5 Å². The molecule has 0 radical (unpaired) electrons. The number of halogens is 4. The number of alkyl halides is 3. The molecule has 1 heterocycles. The lowest BCUT2D eigenvalue weighted by Gasteiger charge is -2.11. The molecule has 0 spiro atoms. The Labute approximate surface area is 172 Å². The number of anilines is 1. The topological polar surface area (TPSA) is 77.2 Å². The van der Waals surface area contributed by atoms with Crippen LogP contribution < -0.4 is 10.1 Å². The van der Waals surface area contributed by atoms with Gasteiger partial charge in [0.05, 0.1) is 12.7 Å². The van der Waals surface area contributed by atoms with E-state index in [1.807, 2.05) is 0 Å². The first-order valence-corrected chi connectivity index (χ1v) is 9.19. The van der Waals surface area contributed by atoms with Crippen molar-refractivity contribution < 1.29 is 27.2 Å². The molecule has 0 aliphatic heterocycles. The van der Waals surface area contributed by atoms with Crippen LogP contribution in [0.25, 0.3) is 11.4 Å². The predicted molar refractivity (Wildman–Crippen MR) is 102 cm³/mol. The molecule has 0 aliphatic rings. The second kappa shape index (κ2) is 8.64. The molecule has 2 aromatic carbocycles. The third kappa shape index (κ3) is 5.35. The normalized spacial score (nSPS) is 11.3. The van der Waals surface area contributed by atoms with E-state index >= 15 is 0 Å². The van der Waals surface area contributed by atoms with Gasteiger partial charge in [-0.2, -0.15) is 18.2 Å². The monoisotopic (exact) mass is 469 g/mol. The van der Waals surface area contributed by atoms with E-state index in [1.54, 1.807) is 31.4 Å². The first-order chi connectivity index (χ1) is 13.8. The fourth-order valence-electron chi connectivity index (χ4n) is 2.48. The Hall–Kier alpha value is -2.88. The molecule has 0 unspecified atom stereocenters. The zero-order valence-corrected chi connectivity index (χ0v) is 16.7.